The lowest BCUT2D eigenvalue weighted by Crippen LogP contribution is -2.48. The Morgan fingerprint density at radius 3 is 2.42 bits per heavy atom. The van der Waals surface area contributed by atoms with Crippen molar-refractivity contribution in [2.75, 3.05) is 39.1 Å². The molecule has 0 aromatic carbocycles. The largest absolute Gasteiger partial charge is 0.481 e. The number of carbonyl (C=O) groups is 2. The maximum Gasteiger partial charge on any atom is 0.394 e. The van der Waals surface area contributed by atoms with Gasteiger partial charge in [0, 0.05) is 37.6 Å². The van der Waals surface area contributed by atoms with Crippen molar-refractivity contribution in [3.8, 4) is 0 Å². The highest BCUT2D eigenvalue weighted by molar-refractivity contribution is 8.00. The highest BCUT2D eigenvalue weighted by Gasteiger charge is 2.53. The number of hydrogen-bond donors (Lipinski definition) is 2. The predicted octanol–water partition coefficient (Wildman–Crippen LogP) is 1.80. The van der Waals surface area contributed by atoms with E-state index in [4.69, 9.17) is 9.84 Å². The molecule has 2 atom stereocenters. The van der Waals surface area contributed by atoms with Crippen LogP contribution >= 0.6 is 11.8 Å². The second-order valence-corrected chi connectivity index (χ2v) is 7.43. The van der Waals surface area contributed by atoms with E-state index in [1.54, 1.807) is 11.8 Å². The molecular formula is C14H21F3N2O4S. The quantitative estimate of drug-likeness (QED) is 0.789. The first-order valence-electron chi connectivity index (χ1n) is 7.64. The molecule has 10 heteroatoms. The average Bonchev–Trinajstić information content (AvgIpc) is 2.99. The highest BCUT2D eigenvalue weighted by Crippen LogP contribution is 2.38. The third-order valence-electron chi connectivity index (χ3n) is 4.74. The third-order valence-corrected chi connectivity index (χ3v) is 6.16. The molecule has 2 aliphatic rings. The molecule has 0 aromatic rings. The van der Waals surface area contributed by atoms with Crippen LogP contribution in [-0.4, -0.2) is 72.0 Å². The van der Waals surface area contributed by atoms with Gasteiger partial charge in [-0.1, -0.05) is 0 Å². The number of carboxylic acid groups (broad SMARTS) is 1. The summed E-state index contributed by atoms with van der Waals surface area (Å²) in [5.41, 5.74) is 0. The van der Waals surface area contributed by atoms with E-state index in [1.165, 1.54) is 0 Å². The van der Waals surface area contributed by atoms with Crippen LogP contribution in [0.1, 0.15) is 12.8 Å². The monoisotopic (exact) mass is 370 g/mol. The number of thioether (sulfide) groups is 1. The minimum atomic E-state index is -4.64. The fourth-order valence-electron chi connectivity index (χ4n) is 3.10. The Labute approximate surface area is 142 Å². The van der Waals surface area contributed by atoms with Crippen LogP contribution in [-0.2, 0) is 9.53 Å². The van der Waals surface area contributed by atoms with Crippen molar-refractivity contribution in [3.05, 3.63) is 0 Å². The number of hydrogen-bond acceptors (Lipinski definition) is 4. The van der Waals surface area contributed by atoms with Gasteiger partial charge in [0.1, 0.15) is 0 Å². The molecule has 6 nitrogen and oxygen atoms in total. The van der Waals surface area contributed by atoms with Gasteiger partial charge in [-0.3, -0.25) is 4.79 Å². The highest BCUT2D eigenvalue weighted by atomic mass is 32.2. The summed E-state index contributed by atoms with van der Waals surface area (Å²) >= 11 is 1.60. The maximum absolute atomic E-state index is 13.0. The van der Waals surface area contributed by atoms with Crippen molar-refractivity contribution >= 4 is 23.8 Å². The summed E-state index contributed by atoms with van der Waals surface area (Å²) in [7, 11) is 0. The topological polar surface area (TPSA) is 78.9 Å². The zero-order valence-corrected chi connectivity index (χ0v) is 14.1. The van der Waals surface area contributed by atoms with E-state index >= 15 is 0 Å². The Morgan fingerprint density at radius 2 is 1.96 bits per heavy atom. The predicted molar refractivity (Wildman–Crippen MR) is 81.9 cm³/mol. The van der Waals surface area contributed by atoms with Crippen molar-refractivity contribution in [2.24, 2.45) is 11.8 Å². The van der Waals surface area contributed by atoms with Gasteiger partial charge >= 0.3 is 18.2 Å². The van der Waals surface area contributed by atoms with Gasteiger partial charge in [0.05, 0.1) is 11.8 Å². The van der Waals surface area contributed by atoms with Gasteiger partial charge in [-0.15, -0.1) is 0 Å². The van der Waals surface area contributed by atoms with Gasteiger partial charge in [0.2, 0.25) is 0 Å². The van der Waals surface area contributed by atoms with Crippen molar-refractivity contribution in [2.45, 2.75) is 23.8 Å². The van der Waals surface area contributed by atoms with Gasteiger partial charge in [0.15, 0.2) is 0 Å². The van der Waals surface area contributed by atoms with E-state index < -0.39 is 43.1 Å². The van der Waals surface area contributed by atoms with Crippen molar-refractivity contribution in [1.29, 1.82) is 0 Å². The van der Waals surface area contributed by atoms with Gasteiger partial charge in [-0.25, -0.2) is 4.79 Å². The number of aliphatic carboxylic acids is 1. The Morgan fingerprint density at radius 1 is 1.33 bits per heavy atom. The Bertz CT molecular complexity index is 483. The average molecular weight is 370 g/mol. The van der Waals surface area contributed by atoms with Crippen LogP contribution in [0.25, 0.3) is 0 Å². The lowest BCUT2D eigenvalue weighted by Gasteiger charge is -2.36. The van der Waals surface area contributed by atoms with Crippen LogP contribution in [0.15, 0.2) is 0 Å². The summed E-state index contributed by atoms with van der Waals surface area (Å²) in [5, 5.41) is 11.7. The first-order valence-corrected chi connectivity index (χ1v) is 8.86. The Hall–Kier alpha value is -1.16. The second kappa shape index (κ2) is 7.38. The van der Waals surface area contributed by atoms with E-state index in [2.05, 4.69) is 5.32 Å². The van der Waals surface area contributed by atoms with E-state index in [1.807, 2.05) is 6.26 Å². The first kappa shape index (κ1) is 19.2. The van der Waals surface area contributed by atoms with Crippen LogP contribution in [0.2, 0.25) is 0 Å². The molecule has 2 rings (SSSR count). The standard InChI is InChI=1S/C14H21F3N2O4S/c1-24-13(2-4-23-5-3-13)8-18-12(22)19-6-9(11(20)21)10(7-19)14(15,16)17/h9-10H,2-8H2,1H3,(H,18,22)(H,20,21)/t9-,10-/m1/s1. The molecule has 138 valence electrons. The molecule has 0 unspecified atom stereocenters. The van der Waals surface area contributed by atoms with E-state index in [-0.39, 0.29) is 4.75 Å². The van der Waals surface area contributed by atoms with Crippen LogP contribution in [0, 0.1) is 11.8 Å². The number of carbonyl (C=O) groups excluding carboxylic acids is 1. The SMILES string of the molecule is CSC1(CNC(=O)N2C[C@@H](C(F)(F)F)[C@H](C(=O)O)C2)CCOCC1. The van der Waals surface area contributed by atoms with E-state index in [0.717, 1.165) is 17.7 Å². The van der Waals surface area contributed by atoms with Gasteiger partial charge < -0.3 is 20.1 Å². The summed E-state index contributed by atoms with van der Waals surface area (Å²) in [5.74, 6) is -5.18. The fraction of sp³-hybridized carbons (Fsp3) is 0.857. The van der Waals surface area contributed by atoms with Crippen LogP contribution in [0.5, 0.6) is 0 Å². The molecule has 2 N–H and O–H groups in total. The van der Waals surface area contributed by atoms with Gasteiger partial charge in [-0.2, -0.15) is 24.9 Å². The van der Waals surface area contributed by atoms with E-state index in [0.29, 0.717) is 19.8 Å². The number of urea groups is 1. The normalized spacial score (nSPS) is 27.1. The molecule has 0 radical (unpaired) electrons. The summed E-state index contributed by atoms with van der Waals surface area (Å²) in [6.07, 6.45) is -1.22. The smallest absolute Gasteiger partial charge is 0.394 e. The second-order valence-electron chi connectivity index (χ2n) is 6.16. The van der Waals surface area contributed by atoms with Crippen molar-refractivity contribution < 1.29 is 32.6 Å². The number of carboxylic acids is 1. The zero-order valence-electron chi connectivity index (χ0n) is 13.3. The van der Waals surface area contributed by atoms with Crippen LogP contribution < -0.4 is 5.32 Å². The van der Waals surface area contributed by atoms with Crippen LogP contribution in [0.4, 0.5) is 18.0 Å². The minimum Gasteiger partial charge on any atom is -0.481 e. The van der Waals surface area contributed by atoms with Crippen molar-refractivity contribution in [1.82, 2.24) is 10.2 Å². The van der Waals surface area contributed by atoms with Crippen LogP contribution in [0.3, 0.4) is 0 Å². The number of ether oxygens (including phenoxy) is 1. The summed E-state index contributed by atoms with van der Waals surface area (Å²) < 4.78 is 44.0. The molecule has 2 amide bonds. The number of likely N-dealkylation sites (tertiary alicyclic amines) is 1. The molecule has 0 aliphatic carbocycles. The van der Waals surface area contributed by atoms with Gasteiger partial charge in [-0.05, 0) is 19.1 Å². The number of rotatable bonds is 4. The molecule has 2 fully saturated rings. The molecule has 2 saturated heterocycles. The fourth-order valence-corrected chi connectivity index (χ4v) is 3.89. The number of nitrogens with one attached hydrogen (secondary N) is 1. The number of halogens is 3. The number of nitrogens with zero attached hydrogens (tertiary/aromatic N) is 1. The molecular weight excluding hydrogens is 349 g/mol. The molecule has 0 saturated carbocycles. The Kier molecular flexibility index (Phi) is 5.90. The molecule has 0 aromatic heterocycles. The number of alkyl halides is 3. The maximum atomic E-state index is 13.0. The zero-order chi connectivity index (χ0) is 18.0. The molecule has 2 aliphatic heterocycles. The number of amides is 2. The molecule has 2 heterocycles. The van der Waals surface area contributed by atoms with Gasteiger partial charge in [0.25, 0.3) is 0 Å². The lowest BCUT2D eigenvalue weighted by molar-refractivity contribution is -0.187. The Balaban J connectivity index is 1.96. The third kappa shape index (κ3) is 4.27. The molecule has 0 bridgehead atoms. The molecule has 24 heavy (non-hydrogen) atoms. The summed E-state index contributed by atoms with van der Waals surface area (Å²) in [4.78, 5) is 24.2. The van der Waals surface area contributed by atoms with Crippen molar-refractivity contribution in [3.63, 3.8) is 0 Å². The lowest BCUT2D eigenvalue weighted by atomic mass is 9.96. The summed E-state index contributed by atoms with van der Waals surface area (Å²) in [6.45, 7) is 0.430. The summed E-state index contributed by atoms with van der Waals surface area (Å²) in [6, 6.07) is -0.645. The molecule has 0 spiro atoms. The minimum absolute atomic E-state index is 0.191. The first-order chi connectivity index (χ1) is 11.2. The van der Waals surface area contributed by atoms with E-state index in [9.17, 15) is 22.8 Å².